The van der Waals surface area contributed by atoms with Crippen molar-refractivity contribution in [2.24, 2.45) is 0 Å². The number of rotatable bonds is 4. The highest BCUT2D eigenvalue weighted by atomic mass is 15.1. The number of hydrogen-bond donors (Lipinski definition) is 1. The summed E-state index contributed by atoms with van der Waals surface area (Å²) in [7, 11) is 0. The molecule has 2 heterocycles. The van der Waals surface area contributed by atoms with Gasteiger partial charge in [-0.25, -0.2) is 4.98 Å². The Bertz CT molecular complexity index is 732. The van der Waals surface area contributed by atoms with Crippen LogP contribution in [0.1, 0.15) is 24.9 Å². The van der Waals surface area contributed by atoms with Crippen LogP contribution in [0.25, 0.3) is 10.8 Å². The molecule has 5 nitrogen and oxygen atoms in total. The fourth-order valence-electron chi connectivity index (χ4n) is 2.41. The maximum atomic E-state index is 5.88. The van der Waals surface area contributed by atoms with E-state index in [4.69, 9.17) is 5.73 Å². The number of benzene rings is 1. The molecular formula is C15H17N5. The number of nitrogens with two attached hydrogens (primary N) is 1. The molecule has 5 heteroatoms. The van der Waals surface area contributed by atoms with E-state index in [0.29, 0.717) is 12.2 Å². The Morgan fingerprint density at radius 3 is 2.75 bits per heavy atom. The highest BCUT2D eigenvalue weighted by Crippen LogP contribution is 2.22. The second-order valence-corrected chi connectivity index (χ2v) is 4.79. The summed E-state index contributed by atoms with van der Waals surface area (Å²) in [5, 5.41) is 10.3. The van der Waals surface area contributed by atoms with Crippen LogP contribution in [-0.4, -0.2) is 19.7 Å². The van der Waals surface area contributed by atoms with E-state index in [-0.39, 0.29) is 0 Å². The van der Waals surface area contributed by atoms with Gasteiger partial charge in [-0.3, -0.25) is 0 Å². The minimum atomic E-state index is 0.473. The molecule has 3 aromatic rings. The van der Waals surface area contributed by atoms with Gasteiger partial charge in [0.15, 0.2) is 5.82 Å². The number of anilines is 1. The molecule has 0 radical (unpaired) electrons. The molecule has 0 aliphatic heterocycles. The summed E-state index contributed by atoms with van der Waals surface area (Å²) in [6.45, 7) is 3.12. The first kappa shape index (κ1) is 12.6. The van der Waals surface area contributed by atoms with Gasteiger partial charge in [-0.15, -0.1) is 5.10 Å². The molecule has 0 unspecified atom stereocenters. The molecule has 0 saturated heterocycles. The van der Waals surface area contributed by atoms with Gasteiger partial charge in [0.25, 0.3) is 0 Å². The summed E-state index contributed by atoms with van der Waals surface area (Å²) in [4.78, 5) is 4.42. The Kier molecular flexibility index (Phi) is 3.33. The van der Waals surface area contributed by atoms with E-state index >= 15 is 0 Å². The van der Waals surface area contributed by atoms with Crippen molar-refractivity contribution in [2.45, 2.75) is 26.3 Å². The molecular weight excluding hydrogens is 250 g/mol. The van der Waals surface area contributed by atoms with Gasteiger partial charge in [-0.05, 0) is 6.42 Å². The zero-order valence-electron chi connectivity index (χ0n) is 11.5. The van der Waals surface area contributed by atoms with Gasteiger partial charge in [0.05, 0.1) is 12.1 Å². The van der Waals surface area contributed by atoms with Crippen molar-refractivity contribution in [1.29, 1.82) is 0 Å². The number of hydrogen-bond acceptors (Lipinski definition) is 4. The highest BCUT2D eigenvalue weighted by molar-refractivity contribution is 5.92. The molecule has 2 aromatic heterocycles. The summed E-state index contributed by atoms with van der Waals surface area (Å²) in [6.07, 6.45) is 5.59. The number of fused-ring (bicyclic) bond motifs is 1. The molecule has 1 aromatic carbocycles. The van der Waals surface area contributed by atoms with Gasteiger partial charge in [0.1, 0.15) is 5.82 Å². The van der Waals surface area contributed by atoms with Crippen molar-refractivity contribution in [1.82, 2.24) is 19.7 Å². The van der Waals surface area contributed by atoms with Crippen LogP contribution < -0.4 is 5.73 Å². The first-order chi connectivity index (χ1) is 9.79. The summed E-state index contributed by atoms with van der Waals surface area (Å²) in [5.41, 5.74) is 6.80. The largest absolute Gasteiger partial charge is 0.382 e. The van der Waals surface area contributed by atoms with Crippen LogP contribution in [-0.2, 0) is 13.0 Å². The molecule has 0 fully saturated rings. The number of nitrogen functional groups attached to an aromatic ring is 1. The van der Waals surface area contributed by atoms with Crippen LogP contribution in [0.2, 0.25) is 0 Å². The van der Waals surface area contributed by atoms with Crippen molar-refractivity contribution in [3.8, 4) is 0 Å². The average molecular weight is 267 g/mol. The Labute approximate surface area is 117 Å². The first-order valence-electron chi connectivity index (χ1n) is 6.79. The molecule has 3 rings (SSSR count). The van der Waals surface area contributed by atoms with E-state index in [9.17, 15) is 0 Å². The minimum Gasteiger partial charge on any atom is -0.382 e. The summed E-state index contributed by atoms with van der Waals surface area (Å²) in [5.74, 6) is 1.48. The van der Waals surface area contributed by atoms with Gasteiger partial charge < -0.3 is 10.3 Å². The molecule has 0 amide bonds. The Morgan fingerprint density at radius 2 is 1.95 bits per heavy atom. The van der Waals surface area contributed by atoms with Crippen LogP contribution in [0.5, 0.6) is 0 Å². The topological polar surface area (TPSA) is 69.6 Å². The zero-order valence-corrected chi connectivity index (χ0v) is 11.5. The normalized spacial score (nSPS) is 11.1. The van der Waals surface area contributed by atoms with Crippen molar-refractivity contribution in [3.63, 3.8) is 0 Å². The van der Waals surface area contributed by atoms with E-state index in [1.807, 2.05) is 36.7 Å². The second kappa shape index (κ2) is 5.28. The fourth-order valence-corrected chi connectivity index (χ4v) is 2.41. The van der Waals surface area contributed by atoms with Crippen LogP contribution in [0.3, 0.4) is 0 Å². The van der Waals surface area contributed by atoms with E-state index in [0.717, 1.165) is 35.3 Å². The number of aromatic nitrogens is 4. The van der Waals surface area contributed by atoms with Crippen molar-refractivity contribution in [2.75, 3.05) is 5.73 Å². The summed E-state index contributed by atoms with van der Waals surface area (Å²) < 4.78 is 2.16. The van der Waals surface area contributed by atoms with Crippen LogP contribution >= 0.6 is 0 Å². The van der Waals surface area contributed by atoms with Gasteiger partial charge in [-0.1, -0.05) is 31.2 Å². The maximum absolute atomic E-state index is 5.88. The Hall–Kier alpha value is -2.43. The number of imidazole rings is 1. The van der Waals surface area contributed by atoms with Crippen molar-refractivity contribution in [3.05, 3.63) is 48.2 Å². The lowest BCUT2D eigenvalue weighted by Gasteiger charge is -2.08. The van der Waals surface area contributed by atoms with Gasteiger partial charge in [0, 0.05) is 29.7 Å². The fraction of sp³-hybridized carbons (Fsp3) is 0.267. The quantitative estimate of drug-likeness (QED) is 0.788. The molecule has 0 spiro atoms. The highest BCUT2D eigenvalue weighted by Gasteiger charge is 2.10. The molecule has 0 aliphatic rings. The smallest absolute Gasteiger partial charge is 0.153 e. The Balaban J connectivity index is 2.03. The molecule has 0 aliphatic carbocycles. The zero-order chi connectivity index (χ0) is 13.9. The van der Waals surface area contributed by atoms with Crippen molar-refractivity contribution >= 4 is 16.6 Å². The molecule has 102 valence electrons. The average Bonchev–Trinajstić information content (AvgIpc) is 2.90. The lowest BCUT2D eigenvalue weighted by molar-refractivity contribution is 0.644. The predicted molar refractivity (Wildman–Crippen MR) is 79.3 cm³/mol. The molecule has 20 heavy (non-hydrogen) atoms. The molecule has 0 atom stereocenters. The van der Waals surface area contributed by atoms with Crippen molar-refractivity contribution < 1.29 is 0 Å². The molecule has 0 bridgehead atoms. The molecule has 2 N–H and O–H groups in total. The van der Waals surface area contributed by atoms with Gasteiger partial charge in [0.2, 0.25) is 0 Å². The minimum absolute atomic E-state index is 0.473. The van der Waals surface area contributed by atoms with E-state index in [1.54, 1.807) is 0 Å². The second-order valence-electron chi connectivity index (χ2n) is 4.79. The number of aryl methyl sites for hydroxylation is 1. The van der Waals surface area contributed by atoms with Crippen LogP contribution in [0, 0.1) is 0 Å². The monoisotopic (exact) mass is 267 g/mol. The third-order valence-corrected chi connectivity index (χ3v) is 3.38. The molecule has 0 saturated carbocycles. The van der Waals surface area contributed by atoms with E-state index in [1.165, 1.54) is 0 Å². The summed E-state index contributed by atoms with van der Waals surface area (Å²) in [6, 6.07) is 7.96. The SMILES string of the molecule is CCCn1ccnc1Cc1nnc(N)c2ccccc12. The van der Waals surface area contributed by atoms with Crippen LogP contribution in [0.15, 0.2) is 36.7 Å². The van der Waals surface area contributed by atoms with Gasteiger partial charge >= 0.3 is 0 Å². The predicted octanol–water partition coefficient (Wildman–Crippen LogP) is 2.41. The standard InChI is InChI=1S/C15H17N5/c1-2-8-20-9-7-17-14(20)10-13-11-5-3-4-6-12(11)15(16)19-18-13/h3-7,9H,2,8,10H2,1H3,(H2,16,19). The maximum Gasteiger partial charge on any atom is 0.153 e. The lowest BCUT2D eigenvalue weighted by Crippen LogP contribution is -2.06. The van der Waals surface area contributed by atoms with E-state index in [2.05, 4.69) is 26.7 Å². The third-order valence-electron chi connectivity index (χ3n) is 3.38. The first-order valence-corrected chi connectivity index (χ1v) is 6.79. The van der Waals surface area contributed by atoms with E-state index < -0.39 is 0 Å². The third kappa shape index (κ3) is 2.22. The van der Waals surface area contributed by atoms with Gasteiger partial charge in [-0.2, -0.15) is 5.10 Å². The summed E-state index contributed by atoms with van der Waals surface area (Å²) >= 11 is 0. The van der Waals surface area contributed by atoms with Crippen LogP contribution in [0.4, 0.5) is 5.82 Å². The number of nitrogens with zero attached hydrogens (tertiary/aromatic N) is 4. The lowest BCUT2D eigenvalue weighted by atomic mass is 10.1. The Morgan fingerprint density at radius 1 is 1.15 bits per heavy atom.